The summed E-state index contributed by atoms with van der Waals surface area (Å²) in [5.74, 6) is -0.626. The zero-order valence-electron chi connectivity index (χ0n) is 27.8. The molecule has 0 aliphatic heterocycles. The summed E-state index contributed by atoms with van der Waals surface area (Å²) >= 11 is 2.99. The second-order valence-electron chi connectivity index (χ2n) is 11.4. The number of halogens is 3. The zero-order chi connectivity index (χ0) is 36.7. The van der Waals surface area contributed by atoms with Crippen LogP contribution in [0, 0.1) is 13.8 Å². The Kier molecular flexibility index (Phi) is 10.9. The molecule has 52 heavy (non-hydrogen) atoms. The lowest BCUT2D eigenvalue weighted by atomic mass is 10.1. The number of nitrogen functional groups attached to an aromatic ring is 1. The van der Waals surface area contributed by atoms with E-state index in [9.17, 15) is 18.0 Å². The van der Waals surface area contributed by atoms with Gasteiger partial charge in [0.2, 0.25) is 0 Å². The number of thiazole rings is 2. The molecule has 0 bridgehead atoms. The molecule has 4 heterocycles. The van der Waals surface area contributed by atoms with E-state index in [2.05, 4.69) is 35.9 Å². The highest BCUT2D eigenvalue weighted by Gasteiger charge is 2.31. The van der Waals surface area contributed by atoms with Gasteiger partial charge in [-0.2, -0.15) is 13.2 Å². The number of rotatable bonds is 8. The molecule has 1 amide bonds. The summed E-state index contributed by atoms with van der Waals surface area (Å²) in [4.78, 5) is 29.8. The van der Waals surface area contributed by atoms with E-state index in [1.54, 1.807) is 48.1 Å². The van der Waals surface area contributed by atoms with E-state index >= 15 is 0 Å². The van der Waals surface area contributed by atoms with Crippen LogP contribution < -0.4 is 21.7 Å². The molecule has 7 rings (SSSR count). The number of amides is 1. The highest BCUT2D eigenvalue weighted by molar-refractivity contribution is 7.14. The van der Waals surface area contributed by atoms with Crippen molar-refractivity contribution in [2.45, 2.75) is 20.0 Å². The fourth-order valence-corrected chi connectivity index (χ4v) is 6.30. The van der Waals surface area contributed by atoms with Crippen LogP contribution in [-0.2, 0) is 6.18 Å². The largest absolute Gasteiger partial charge is 0.416 e. The van der Waals surface area contributed by atoms with Gasteiger partial charge in [-0.25, -0.2) is 9.97 Å². The van der Waals surface area contributed by atoms with Gasteiger partial charge in [0.15, 0.2) is 10.3 Å². The molecule has 3 aromatic carbocycles. The van der Waals surface area contributed by atoms with Crippen LogP contribution in [0.15, 0.2) is 120 Å². The van der Waals surface area contributed by atoms with Gasteiger partial charge in [0, 0.05) is 75.0 Å². The number of hydrogen-bond donors (Lipinski definition) is 4. The van der Waals surface area contributed by atoms with E-state index < -0.39 is 17.6 Å². The van der Waals surface area contributed by atoms with Crippen LogP contribution in [0.4, 0.5) is 46.2 Å². The van der Waals surface area contributed by atoms with Crippen LogP contribution in [0.3, 0.4) is 0 Å². The number of alkyl halides is 3. The SMILES string of the molecule is Cc1ccc(N)cc1Nc1nc(-c2cccnc2)cs1.Cc1ccc(NC(=O)c2cccc(C(F)(F)F)c2)cc1Nc1nc(-c2cccnc2)cs1. The summed E-state index contributed by atoms with van der Waals surface area (Å²) in [7, 11) is 0. The number of hydrogen-bond acceptors (Lipinski definition) is 10. The summed E-state index contributed by atoms with van der Waals surface area (Å²) in [5, 5.41) is 14.6. The number of carbonyl (C=O) groups is 1. The molecular weight excluding hydrogens is 706 g/mol. The normalized spacial score (nSPS) is 10.9. The maximum Gasteiger partial charge on any atom is 0.416 e. The van der Waals surface area contributed by atoms with Crippen LogP contribution in [0.2, 0.25) is 0 Å². The lowest BCUT2D eigenvalue weighted by Gasteiger charge is -2.12. The number of nitrogens with two attached hydrogens (primary N) is 1. The Morgan fingerprint density at radius 3 is 1.85 bits per heavy atom. The van der Waals surface area contributed by atoms with E-state index in [0.717, 1.165) is 68.0 Å². The molecule has 0 aliphatic carbocycles. The molecule has 5 N–H and O–H groups in total. The molecule has 0 fully saturated rings. The molecule has 0 spiro atoms. The van der Waals surface area contributed by atoms with Crippen LogP contribution in [-0.4, -0.2) is 25.8 Å². The second-order valence-corrected chi connectivity index (χ2v) is 13.2. The van der Waals surface area contributed by atoms with Crippen LogP contribution in [0.1, 0.15) is 27.0 Å². The number of carbonyl (C=O) groups excluding carboxylic acids is 1. The molecular formula is C38H31F3N8OS2. The fraction of sp³-hybridized carbons (Fsp3) is 0.0789. The topological polar surface area (TPSA) is 131 Å². The Hall–Kier alpha value is -6.12. The quantitative estimate of drug-likeness (QED) is 0.113. The Morgan fingerprint density at radius 2 is 1.29 bits per heavy atom. The maximum atomic E-state index is 12.9. The van der Waals surface area contributed by atoms with Gasteiger partial charge in [0.25, 0.3) is 5.91 Å². The minimum Gasteiger partial charge on any atom is -0.399 e. The molecule has 0 unspecified atom stereocenters. The fourth-order valence-electron chi connectivity index (χ4n) is 4.84. The number of nitrogens with one attached hydrogen (secondary N) is 3. The zero-order valence-corrected chi connectivity index (χ0v) is 29.4. The van der Waals surface area contributed by atoms with E-state index in [1.165, 1.54) is 23.5 Å². The number of anilines is 6. The van der Waals surface area contributed by atoms with Crippen LogP contribution >= 0.6 is 22.7 Å². The monoisotopic (exact) mass is 736 g/mol. The first kappa shape index (κ1) is 35.7. The summed E-state index contributed by atoms with van der Waals surface area (Å²) < 4.78 is 38.8. The Balaban J connectivity index is 0.000000198. The van der Waals surface area contributed by atoms with Gasteiger partial charge in [-0.15, -0.1) is 22.7 Å². The minimum atomic E-state index is -4.51. The third-order valence-electron chi connectivity index (χ3n) is 7.62. The number of benzene rings is 3. The highest BCUT2D eigenvalue weighted by atomic mass is 32.1. The van der Waals surface area contributed by atoms with Crippen molar-refractivity contribution in [1.82, 2.24) is 19.9 Å². The molecule has 14 heteroatoms. The lowest BCUT2D eigenvalue weighted by Crippen LogP contribution is -2.14. The Bertz CT molecular complexity index is 2290. The maximum absolute atomic E-state index is 12.9. The van der Waals surface area contributed by atoms with Crippen molar-refractivity contribution in [1.29, 1.82) is 0 Å². The number of pyridine rings is 2. The summed E-state index contributed by atoms with van der Waals surface area (Å²) in [6.45, 7) is 3.94. The standard InChI is InChI=1S/C23H17F3N4OS.C15H14N4S/c1-14-7-8-18(28-21(31)15-4-2-6-17(10-15)23(24,25)26)11-19(14)29-22-30-20(13-32-22)16-5-3-9-27-12-16;1-10-4-5-12(16)7-13(10)18-15-19-14(9-20-15)11-3-2-6-17-8-11/h2-13H,1H3,(H,28,31)(H,29,30);2-9H,16H2,1H3,(H,18,19). The van der Waals surface area contributed by atoms with E-state index in [1.807, 2.05) is 73.3 Å². The Morgan fingerprint density at radius 1 is 0.712 bits per heavy atom. The molecule has 0 saturated heterocycles. The van der Waals surface area contributed by atoms with Crippen LogP contribution in [0.25, 0.3) is 22.5 Å². The highest BCUT2D eigenvalue weighted by Crippen LogP contribution is 2.32. The predicted molar refractivity (Wildman–Crippen MR) is 203 cm³/mol. The van der Waals surface area contributed by atoms with Crippen molar-refractivity contribution in [3.8, 4) is 22.5 Å². The van der Waals surface area contributed by atoms with Crippen molar-refractivity contribution < 1.29 is 18.0 Å². The molecule has 0 aliphatic rings. The van der Waals surface area contributed by atoms with Gasteiger partial charge in [-0.05, 0) is 91.7 Å². The van der Waals surface area contributed by atoms with Gasteiger partial charge >= 0.3 is 6.18 Å². The summed E-state index contributed by atoms with van der Waals surface area (Å²) in [5.41, 5.74) is 13.4. The molecule has 0 atom stereocenters. The lowest BCUT2D eigenvalue weighted by molar-refractivity contribution is -0.137. The van der Waals surface area contributed by atoms with Crippen molar-refractivity contribution >= 4 is 61.6 Å². The Labute approximate surface area is 305 Å². The third-order valence-corrected chi connectivity index (χ3v) is 9.13. The van der Waals surface area contributed by atoms with E-state index in [4.69, 9.17) is 5.73 Å². The van der Waals surface area contributed by atoms with Gasteiger partial charge < -0.3 is 21.7 Å². The predicted octanol–water partition coefficient (Wildman–Crippen LogP) is 10.4. The van der Waals surface area contributed by atoms with E-state index in [-0.39, 0.29) is 5.56 Å². The van der Waals surface area contributed by atoms with Crippen molar-refractivity contribution in [3.05, 3.63) is 143 Å². The molecule has 0 saturated carbocycles. The van der Waals surface area contributed by atoms with Gasteiger partial charge in [0.05, 0.1) is 17.0 Å². The van der Waals surface area contributed by atoms with Gasteiger partial charge in [0.1, 0.15) is 0 Å². The molecule has 0 radical (unpaired) electrons. The first-order valence-corrected chi connectivity index (χ1v) is 17.5. The number of nitrogens with zero attached hydrogens (tertiary/aromatic N) is 4. The van der Waals surface area contributed by atoms with E-state index in [0.29, 0.717) is 10.8 Å². The van der Waals surface area contributed by atoms with Gasteiger partial charge in [-0.3, -0.25) is 14.8 Å². The first-order valence-electron chi connectivity index (χ1n) is 15.7. The van der Waals surface area contributed by atoms with Crippen molar-refractivity contribution in [2.24, 2.45) is 0 Å². The summed E-state index contributed by atoms with van der Waals surface area (Å²) in [6, 6.07) is 23.0. The average Bonchev–Trinajstić information content (AvgIpc) is 3.82. The number of aromatic nitrogens is 4. The van der Waals surface area contributed by atoms with Crippen molar-refractivity contribution in [2.75, 3.05) is 21.7 Å². The second kappa shape index (κ2) is 15.8. The smallest absolute Gasteiger partial charge is 0.399 e. The molecule has 7 aromatic rings. The van der Waals surface area contributed by atoms with Gasteiger partial charge in [-0.1, -0.05) is 18.2 Å². The number of aryl methyl sites for hydroxylation is 2. The third kappa shape index (κ3) is 9.15. The molecule has 4 aromatic heterocycles. The average molecular weight is 737 g/mol. The first-order chi connectivity index (χ1) is 25.0. The summed E-state index contributed by atoms with van der Waals surface area (Å²) in [6.07, 6.45) is 2.47. The van der Waals surface area contributed by atoms with Crippen LogP contribution in [0.5, 0.6) is 0 Å². The minimum absolute atomic E-state index is 0.0732. The van der Waals surface area contributed by atoms with Crippen molar-refractivity contribution in [3.63, 3.8) is 0 Å². The molecule has 262 valence electrons. The molecule has 9 nitrogen and oxygen atoms in total.